The second kappa shape index (κ2) is 11.4. The number of aliphatic hydroxyl groups excluding tert-OH is 2. The van der Waals surface area contributed by atoms with E-state index in [0.717, 1.165) is 0 Å². The van der Waals surface area contributed by atoms with E-state index in [1.165, 1.54) is 6.08 Å². The van der Waals surface area contributed by atoms with E-state index in [1.807, 2.05) is 13.8 Å². The van der Waals surface area contributed by atoms with Gasteiger partial charge in [-0.2, -0.15) is 0 Å². The molecule has 0 spiro atoms. The van der Waals surface area contributed by atoms with Gasteiger partial charge in [0, 0.05) is 6.54 Å². The van der Waals surface area contributed by atoms with Crippen LogP contribution >= 0.6 is 0 Å². The third kappa shape index (κ3) is 13.1. The van der Waals surface area contributed by atoms with E-state index in [9.17, 15) is 9.90 Å². The van der Waals surface area contributed by atoms with Gasteiger partial charge in [0.1, 0.15) is 0 Å². The fourth-order valence-corrected chi connectivity index (χ4v) is 1.33. The highest BCUT2D eigenvalue weighted by Crippen LogP contribution is 2.00. The van der Waals surface area contributed by atoms with Gasteiger partial charge >= 0.3 is 0 Å². The van der Waals surface area contributed by atoms with Crippen molar-refractivity contribution >= 4 is 5.91 Å². The molecule has 114 valence electrons. The normalized spacial score (nSPS) is 15.5. The van der Waals surface area contributed by atoms with Crippen LogP contribution < -0.4 is 5.32 Å². The lowest BCUT2D eigenvalue weighted by atomic mass is 10.1. The van der Waals surface area contributed by atoms with Crippen molar-refractivity contribution in [1.29, 1.82) is 0 Å². The van der Waals surface area contributed by atoms with Gasteiger partial charge in [-0.25, -0.2) is 0 Å². The molecule has 0 saturated carbocycles. The maximum atomic E-state index is 11.4. The number of hydrogen-bond donors (Lipinski definition) is 3. The lowest BCUT2D eigenvalue weighted by molar-refractivity contribution is -0.116. The fourth-order valence-electron chi connectivity index (χ4n) is 1.33. The summed E-state index contributed by atoms with van der Waals surface area (Å²) in [5.74, 6) is 0.345. The van der Waals surface area contributed by atoms with Crippen molar-refractivity contribution in [2.75, 3.05) is 6.54 Å². The van der Waals surface area contributed by atoms with E-state index in [0.29, 0.717) is 25.3 Å². The van der Waals surface area contributed by atoms with E-state index in [4.69, 9.17) is 5.11 Å². The van der Waals surface area contributed by atoms with Crippen LogP contribution in [0.5, 0.6) is 0 Å². The van der Waals surface area contributed by atoms with Crippen LogP contribution in [-0.2, 0) is 4.79 Å². The third-order valence-corrected chi connectivity index (χ3v) is 2.42. The summed E-state index contributed by atoms with van der Waals surface area (Å²) in [5.41, 5.74) is 0. The number of rotatable bonds is 9. The third-order valence-electron chi connectivity index (χ3n) is 2.42. The highest BCUT2D eigenvalue weighted by molar-refractivity contribution is 5.87. The van der Waals surface area contributed by atoms with Crippen LogP contribution in [0.25, 0.3) is 0 Å². The summed E-state index contributed by atoms with van der Waals surface area (Å²) in [6.45, 7) is 6.41. The van der Waals surface area contributed by atoms with Gasteiger partial charge in [-0.15, -0.1) is 0 Å². The molecule has 0 heterocycles. The van der Waals surface area contributed by atoms with Gasteiger partial charge in [0.05, 0.1) is 12.2 Å². The van der Waals surface area contributed by atoms with Crippen molar-refractivity contribution in [3.63, 3.8) is 0 Å². The molecular formula is C16H27NO3. The van der Waals surface area contributed by atoms with E-state index in [2.05, 4.69) is 5.32 Å². The van der Waals surface area contributed by atoms with Crippen LogP contribution in [0.3, 0.4) is 0 Å². The second-order valence-electron chi connectivity index (χ2n) is 5.20. The first-order valence-electron chi connectivity index (χ1n) is 7.07. The van der Waals surface area contributed by atoms with Crippen LogP contribution in [0.1, 0.15) is 33.6 Å². The first-order valence-corrected chi connectivity index (χ1v) is 7.07. The Balaban J connectivity index is 3.79. The van der Waals surface area contributed by atoms with Gasteiger partial charge in [0.25, 0.3) is 0 Å². The molecule has 0 aliphatic heterocycles. The largest absolute Gasteiger partial charge is 0.389 e. The Kier molecular flexibility index (Phi) is 10.6. The Hall–Kier alpha value is -1.39. The molecule has 0 aromatic heterocycles. The molecule has 0 fully saturated rings. The van der Waals surface area contributed by atoms with E-state index < -0.39 is 12.2 Å². The highest BCUT2D eigenvalue weighted by atomic mass is 16.3. The first kappa shape index (κ1) is 18.6. The minimum Gasteiger partial charge on any atom is -0.389 e. The van der Waals surface area contributed by atoms with Crippen molar-refractivity contribution in [3.8, 4) is 0 Å². The molecule has 0 radical (unpaired) electrons. The minimum absolute atomic E-state index is 0.0939. The molecule has 2 unspecified atom stereocenters. The van der Waals surface area contributed by atoms with Gasteiger partial charge in [0.2, 0.25) is 5.91 Å². The Bertz CT molecular complexity index is 344. The molecule has 0 aromatic carbocycles. The van der Waals surface area contributed by atoms with Crippen LogP contribution in [0.2, 0.25) is 0 Å². The number of carbonyl (C=O) groups excluding carboxylic acids is 1. The lowest BCUT2D eigenvalue weighted by Gasteiger charge is -2.04. The smallest absolute Gasteiger partial charge is 0.243 e. The zero-order valence-corrected chi connectivity index (χ0v) is 12.6. The molecule has 0 bridgehead atoms. The molecule has 4 nitrogen and oxygen atoms in total. The highest BCUT2D eigenvalue weighted by Gasteiger charge is 1.98. The summed E-state index contributed by atoms with van der Waals surface area (Å²) in [7, 11) is 0. The summed E-state index contributed by atoms with van der Waals surface area (Å²) in [4.78, 5) is 11.4. The average molecular weight is 281 g/mol. The van der Waals surface area contributed by atoms with Gasteiger partial charge < -0.3 is 15.5 Å². The molecule has 0 saturated heterocycles. The van der Waals surface area contributed by atoms with Gasteiger partial charge in [-0.3, -0.25) is 4.79 Å². The minimum atomic E-state index is -0.544. The molecule has 0 aliphatic rings. The quantitative estimate of drug-likeness (QED) is 0.447. The molecule has 20 heavy (non-hydrogen) atoms. The van der Waals surface area contributed by atoms with Crippen molar-refractivity contribution in [2.24, 2.45) is 5.92 Å². The Morgan fingerprint density at radius 3 is 2.40 bits per heavy atom. The molecule has 1 amide bonds. The molecule has 2 atom stereocenters. The van der Waals surface area contributed by atoms with Crippen molar-refractivity contribution in [3.05, 3.63) is 36.5 Å². The monoisotopic (exact) mass is 281 g/mol. The topological polar surface area (TPSA) is 69.6 Å². The van der Waals surface area contributed by atoms with Crippen molar-refractivity contribution in [2.45, 2.75) is 45.8 Å². The predicted molar refractivity (Wildman–Crippen MR) is 82.2 cm³/mol. The van der Waals surface area contributed by atoms with Gasteiger partial charge in [0.15, 0.2) is 0 Å². The number of allylic oxidation sites excluding steroid dienone is 3. The number of aliphatic hydroxyl groups is 2. The summed E-state index contributed by atoms with van der Waals surface area (Å²) in [6, 6.07) is 0. The summed E-state index contributed by atoms with van der Waals surface area (Å²) in [6.07, 6.45) is 10.1. The summed E-state index contributed by atoms with van der Waals surface area (Å²) >= 11 is 0. The first-order chi connectivity index (χ1) is 9.41. The summed E-state index contributed by atoms with van der Waals surface area (Å²) in [5, 5.41) is 21.4. The van der Waals surface area contributed by atoms with Crippen molar-refractivity contribution in [1.82, 2.24) is 5.32 Å². The number of hydrogen-bond acceptors (Lipinski definition) is 3. The molecule has 3 N–H and O–H groups in total. The molecule has 0 rings (SSSR count). The van der Waals surface area contributed by atoms with Crippen LogP contribution in [0.15, 0.2) is 36.5 Å². The fraction of sp³-hybridized carbons (Fsp3) is 0.562. The van der Waals surface area contributed by atoms with E-state index >= 15 is 0 Å². The number of nitrogens with one attached hydrogen (secondary N) is 1. The number of carbonyl (C=O) groups is 1. The van der Waals surface area contributed by atoms with E-state index in [1.54, 1.807) is 37.3 Å². The van der Waals surface area contributed by atoms with Crippen LogP contribution in [0.4, 0.5) is 0 Å². The van der Waals surface area contributed by atoms with Crippen LogP contribution in [0, 0.1) is 5.92 Å². The Morgan fingerprint density at radius 2 is 1.80 bits per heavy atom. The Morgan fingerprint density at radius 1 is 1.15 bits per heavy atom. The second-order valence-corrected chi connectivity index (χ2v) is 5.20. The maximum absolute atomic E-state index is 11.4. The van der Waals surface area contributed by atoms with Crippen LogP contribution in [-0.4, -0.2) is 34.9 Å². The van der Waals surface area contributed by atoms with Gasteiger partial charge in [-0.05, 0) is 31.8 Å². The standard InChI is InChI=1S/C16H27NO3/c1-13(2)12-17-16(20)11-7-6-10-15(19)9-5-4-8-14(3)18/h4-5,7-9,11,13-15,18-19H,6,10,12H2,1-3H3,(H,17,20). The van der Waals surface area contributed by atoms with Crippen molar-refractivity contribution < 1.29 is 15.0 Å². The molecule has 4 heteroatoms. The maximum Gasteiger partial charge on any atom is 0.243 e. The number of amides is 1. The van der Waals surface area contributed by atoms with Gasteiger partial charge in [-0.1, -0.05) is 44.2 Å². The zero-order chi connectivity index (χ0) is 15.4. The molecule has 0 aliphatic carbocycles. The predicted octanol–water partition coefficient (Wildman–Crippen LogP) is 1.95. The summed E-state index contributed by atoms with van der Waals surface area (Å²) < 4.78 is 0. The average Bonchev–Trinajstić information content (AvgIpc) is 2.37. The molecule has 0 aromatic rings. The zero-order valence-electron chi connectivity index (χ0n) is 12.6. The Labute approximate surface area is 121 Å². The lowest BCUT2D eigenvalue weighted by Crippen LogP contribution is -2.25. The van der Waals surface area contributed by atoms with E-state index in [-0.39, 0.29) is 5.91 Å². The SMILES string of the molecule is CC(O)C=CC=CC(O)CCC=CC(=O)NCC(C)C. The molecular weight excluding hydrogens is 254 g/mol.